The number of nitrogens with zero attached hydrogens (tertiary/aromatic N) is 1. The van der Waals surface area contributed by atoms with E-state index in [2.05, 4.69) is 17.4 Å². The average Bonchev–Trinajstić information content (AvgIpc) is 2.83. The van der Waals surface area contributed by atoms with E-state index in [1.54, 1.807) is 13.0 Å². The van der Waals surface area contributed by atoms with Crippen LogP contribution in [-0.4, -0.2) is 36.5 Å². The highest BCUT2D eigenvalue weighted by molar-refractivity contribution is 5.98. The molecule has 188 valence electrons. The molecule has 35 heavy (non-hydrogen) atoms. The molecule has 3 rings (SSSR count). The van der Waals surface area contributed by atoms with Crippen LogP contribution in [0.15, 0.2) is 54.6 Å². The zero-order valence-corrected chi connectivity index (χ0v) is 21.4. The van der Waals surface area contributed by atoms with Gasteiger partial charge < -0.3 is 15.0 Å². The van der Waals surface area contributed by atoms with E-state index in [0.717, 1.165) is 37.8 Å². The molecule has 1 N–H and O–H groups in total. The third-order valence-electron chi connectivity index (χ3n) is 6.43. The summed E-state index contributed by atoms with van der Waals surface area (Å²) in [6.07, 6.45) is 3.68. The Morgan fingerprint density at radius 2 is 1.66 bits per heavy atom. The Hall–Kier alpha value is -3.15. The molecule has 0 unspecified atom stereocenters. The van der Waals surface area contributed by atoms with E-state index in [-0.39, 0.29) is 17.6 Å². The van der Waals surface area contributed by atoms with Crippen LogP contribution >= 0.6 is 0 Å². The van der Waals surface area contributed by atoms with Crippen molar-refractivity contribution < 1.29 is 19.1 Å². The van der Waals surface area contributed by atoms with Crippen molar-refractivity contribution in [3.8, 4) is 0 Å². The molecule has 0 bridgehead atoms. The fraction of sp³-hybridized carbons (Fsp3) is 0.483. The van der Waals surface area contributed by atoms with Gasteiger partial charge in [-0.3, -0.25) is 9.59 Å². The first kappa shape index (κ1) is 26.5. The highest BCUT2D eigenvalue weighted by atomic mass is 16.6. The summed E-state index contributed by atoms with van der Waals surface area (Å²) in [7, 11) is 0. The summed E-state index contributed by atoms with van der Waals surface area (Å²) in [6.45, 7) is 8.21. The predicted octanol–water partition coefficient (Wildman–Crippen LogP) is 5.80. The third-order valence-corrected chi connectivity index (χ3v) is 6.43. The maximum atomic E-state index is 13.7. The van der Waals surface area contributed by atoms with Gasteiger partial charge in [0, 0.05) is 30.3 Å². The number of Topliss-reactive ketones (excluding diaryl/α,β-unsaturated/α-hetero) is 1. The number of benzene rings is 2. The minimum atomic E-state index is -0.517. The molecular weight excluding hydrogens is 440 g/mol. The quantitative estimate of drug-likeness (QED) is 0.487. The average molecular weight is 479 g/mol. The van der Waals surface area contributed by atoms with Gasteiger partial charge in [-0.2, -0.15) is 0 Å². The van der Waals surface area contributed by atoms with Crippen molar-refractivity contribution in [3.63, 3.8) is 0 Å². The Morgan fingerprint density at radius 1 is 0.971 bits per heavy atom. The van der Waals surface area contributed by atoms with Gasteiger partial charge in [0.05, 0.1) is 0 Å². The molecule has 2 aromatic carbocycles. The molecular formula is C29H38N2O4. The summed E-state index contributed by atoms with van der Waals surface area (Å²) in [4.78, 5) is 39.4. The number of carbonyl (C=O) groups is 3. The van der Waals surface area contributed by atoms with Gasteiger partial charge >= 0.3 is 6.09 Å². The molecule has 0 saturated heterocycles. The first-order chi connectivity index (χ1) is 16.6. The minimum Gasteiger partial charge on any atom is -0.444 e. The summed E-state index contributed by atoms with van der Waals surface area (Å²) < 4.78 is 5.32. The number of rotatable bonds is 8. The lowest BCUT2D eigenvalue weighted by Gasteiger charge is -2.32. The van der Waals surface area contributed by atoms with Crippen LogP contribution in [0, 0.1) is 11.8 Å². The highest BCUT2D eigenvalue weighted by Gasteiger charge is 2.30. The number of ether oxygens (including phenoxy) is 1. The van der Waals surface area contributed by atoms with Gasteiger partial charge in [0.1, 0.15) is 5.60 Å². The van der Waals surface area contributed by atoms with Crippen molar-refractivity contribution >= 4 is 23.5 Å². The molecule has 0 spiro atoms. The molecule has 0 aromatic heterocycles. The number of hydrogen-bond donors (Lipinski definition) is 1. The highest BCUT2D eigenvalue weighted by Crippen LogP contribution is 2.31. The monoisotopic (exact) mass is 478 g/mol. The molecule has 0 aliphatic heterocycles. The topological polar surface area (TPSA) is 75.7 Å². The smallest absolute Gasteiger partial charge is 0.407 e. The second-order valence-electron chi connectivity index (χ2n) is 10.4. The zero-order valence-electron chi connectivity index (χ0n) is 21.4. The normalized spacial score (nSPS) is 17.9. The minimum absolute atomic E-state index is 0.0136. The molecule has 1 aliphatic carbocycles. The lowest BCUT2D eigenvalue weighted by Crippen LogP contribution is -2.40. The van der Waals surface area contributed by atoms with Gasteiger partial charge in [-0.25, -0.2) is 4.79 Å². The Kier molecular flexibility index (Phi) is 9.07. The van der Waals surface area contributed by atoms with E-state index in [1.807, 2.05) is 62.1 Å². The predicted molar refractivity (Wildman–Crippen MR) is 139 cm³/mol. The van der Waals surface area contributed by atoms with Crippen LogP contribution in [0.3, 0.4) is 0 Å². The number of amides is 2. The van der Waals surface area contributed by atoms with Crippen LogP contribution in [-0.2, 0) is 16.0 Å². The van der Waals surface area contributed by atoms with Gasteiger partial charge in [-0.15, -0.1) is 0 Å². The molecule has 2 aromatic rings. The molecule has 1 fully saturated rings. The van der Waals surface area contributed by atoms with Crippen LogP contribution in [0.2, 0.25) is 0 Å². The molecule has 1 saturated carbocycles. The van der Waals surface area contributed by atoms with Crippen LogP contribution in [0.25, 0.3) is 0 Å². The SMILES string of the molecule is CC(=O)c1cccc(N(CCc2ccccc2)C(=O)C2CCC(CNC(=O)OC(C)(C)C)CC2)c1. The van der Waals surface area contributed by atoms with Crippen LogP contribution in [0.4, 0.5) is 10.5 Å². The van der Waals surface area contributed by atoms with Crippen molar-refractivity contribution in [1.82, 2.24) is 5.32 Å². The number of hydrogen-bond acceptors (Lipinski definition) is 4. The second-order valence-corrected chi connectivity index (χ2v) is 10.4. The van der Waals surface area contributed by atoms with E-state index in [4.69, 9.17) is 4.74 Å². The Bertz CT molecular complexity index is 1000. The van der Waals surface area contributed by atoms with Crippen LogP contribution in [0.1, 0.15) is 69.3 Å². The fourth-order valence-corrected chi connectivity index (χ4v) is 4.52. The van der Waals surface area contributed by atoms with E-state index >= 15 is 0 Å². The van der Waals surface area contributed by atoms with Gasteiger partial charge in [-0.1, -0.05) is 42.5 Å². The van der Waals surface area contributed by atoms with Crippen molar-refractivity contribution in [2.45, 2.75) is 65.4 Å². The van der Waals surface area contributed by atoms with Crippen molar-refractivity contribution in [1.29, 1.82) is 0 Å². The van der Waals surface area contributed by atoms with Crippen molar-refractivity contribution in [3.05, 3.63) is 65.7 Å². The standard InChI is InChI=1S/C29H38N2O4/c1-21(32)25-11-8-12-26(19-25)31(18-17-22-9-6-5-7-10-22)27(33)24-15-13-23(14-16-24)20-30-28(34)35-29(2,3)4/h5-12,19,23-24H,13-18,20H2,1-4H3,(H,30,34). The zero-order chi connectivity index (χ0) is 25.4. The first-order valence-corrected chi connectivity index (χ1v) is 12.6. The Morgan fingerprint density at radius 3 is 2.29 bits per heavy atom. The number of carbonyl (C=O) groups excluding carboxylic acids is 3. The lowest BCUT2D eigenvalue weighted by atomic mass is 9.81. The van der Waals surface area contributed by atoms with Gasteiger partial charge in [0.25, 0.3) is 0 Å². The molecule has 1 aliphatic rings. The third kappa shape index (κ3) is 8.23. The molecule has 0 heterocycles. The summed E-state index contributed by atoms with van der Waals surface area (Å²) in [5.41, 5.74) is 2.03. The Balaban J connectivity index is 1.64. The molecule has 2 amide bonds. The lowest BCUT2D eigenvalue weighted by molar-refractivity contribution is -0.123. The summed E-state index contributed by atoms with van der Waals surface area (Å²) in [6, 6.07) is 17.5. The number of nitrogens with one attached hydrogen (secondary N) is 1. The van der Waals surface area contributed by atoms with Crippen LogP contribution in [0.5, 0.6) is 0 Å². The summed E-state index contributed by atoms with van der Waals surface area (Å²) >= 11 is 0. The van der Waals surface area contributed by atoms with E-state index in [0.29, 0.717) is 24.6 Å². The maximum Gasteiger partial charge on any atom is 0.407 e. The number of anilines is 1. The molecule has 0 radical (unpaired) electrons. The van der Waals surface area contributed by atoms with Gasteiger partial charge in [0.15, 0.2) is 5.78 Å². The van der Waals surface area contributed by atoms with E-state index in [1.165, 1.54) is 5.56 Å². The second kappa shape index (κ2) is 12.0. The van der Waals surface area contributed by atoms with Gasteiger partial charge in [-0.05, 0) is 83.4 Å². The maximum absolute atomic E-state index is 13.7. The number of ketones is 1. The Labute approximate surface area is 209 Å². The summed E-state index contributed by atoms with van der Waals surface area (Å²) in [5, 5.41) is 2.87. The van der Waals surface area contributed by atoms with E-state index in [9.17, 15) is 14.4 Å². The largest absolute Gasteiger partial charge is 0.444 e. The molecule has 6 nitrogen and oxygen atoms in total. The number of alkyl carbamates (subject to hydrolysis) is 1. The fourth-order valence-electron chi connectivity index (χ4n) is 4.52. The van der Waals surface area contributed by atoms with Crippen LogP contribution < -0.4 is 10.2 Å². The summed E-state index contributed by atoms with van der Waals surface area (Å²) in [5.74, 6) is 0.371. The first-order valence-electron chi connectivity index (χ1n) is 12.6. The van der Waals surface area contributed by atoms with E-state index < -0.39 is 11.7 Å². The van der Waals surface area contributed by atoms with Gasteiger partial charge in [0.2, 0.25) is 5.91 Å². The van der Waals surface area contributed by atoms with Crippen molar-refractivity contribution in [2.24, 2.45) is 11.8 Å². The molecule has 6 heteroatoms. The van der Waals surface area contributed by atoms with Crippen molar-refractivity contribution in [2.75, 3.05) is 18.0 Å². The molecule has 0 atom stereocenters.